The van der Waals surface area contributed by atoms with Gasteiger partial charge in [0.25, 0.3) is 0 Å². The second kappa shape index (κ2) is 7.31. The minimum atomic E-state index is 0.0101. The second-order valence-corrected chi connectivity index (χ2v) is 10.2. The number of nitrogens with zero attached hydrogens (tertiary/aromatic N) is 1. The van der Waals surface area contributed by atoms with Gasteiger partial charge in [0.1, 0.15) is 0 Å². The third kappa shape index (κ3) is 3.67. The highest BCUT2D eigenvalue weighted by Gasteiger charge is 2.20. The molecule has 2 aromatic carbocycles. The molecule has 0 radical (unpaired) electrons. The van der Waals surface area contributed by atoms with Gasteiger partial charge in [-0.3, -0.25) is 0 Å². The maximum atomic E-state index is 6.30. The van der Waals surface area contributed by atoms with Crippen LogP contribution in [0.2, 0.25) is 0 Å². The summed E-state index contributed by atoms with van der Waals surface area (Å²) in [6.45, 7) is 11.8. The van der Waals surface area contributed by atoms with E-state index < -0.39 is 0 Å². The first kappa shape index (κ1) is 20.7. The molecule has 2 aromatic heterocycles. The quantitative estimate of drug-likeness (QED) is 0.287. The van der Waals surface area contributed by atoms with Crippen molar-refractivity contribution in [2.45, 2.75) is 52.1 Å². The predicted octanol–water partition coefficient (Wildman–Crippen LogP) is 6.28. The number of rotatable bonds is 5. The van der Waals surface area contributed by atoms with Crippen LogP contribution in [0, 0.1) is 0 Å². The van der Waals surface area contributed by atoms with Crippen molar-refractivity contribution in [2.24, 2.45) is 0 Å². The van der Waals surface area contributed by atoms with E-state index in [2.05, 4.69) is 98.5 Å². The summed E-state index contributed by atoms with van der Waals surface area (Å²) in [5.41, 5.74) is 13.2. The molecule has 0 aliphatic carbocycles. The van der Waals surface area contributed by atoms with Crippen LogP contribution in [0.4, 0.5) is 11.4 Å². The van der Waals surface area contributed by atoms with Gasteiger partial charge in [-0.05, 0) is 39.8 Å². The van der Waals surface area contributed by atoms with Crippen LogP contribution in [0.15, 0.2) is 48.8 Å². The maximum absolute atomic E-state index is 6.30. The first-order chi connectivity index (χ1) is 14.1. The Morgan fingerprint density at radius 3 is 2.40 bits per heavy atom. The summed E-state index contributed by atoms with van der Waals surface area (Å²) in [5.74, 6) is 0.791. The van der Waals surface area contributed by atoms with Gasteiger partial charge < -0.3 is 20.6 Å². The minimum Gasteiger partial charge on any atom is -0.397 e. The van der Waals surface area contributed by atoms with Gasteiger partial charge >= 0.3 is 0 Å². The van der Waals surface area contributed by atoms with Crippen molar-refractivity contribution in [2.75, 3.05) is 16.8 Å². The van der Waals surface area contributed by atoms with E-state index in [-0.39, 0.29) is 10.8 Å². The first-order valence-corrected chi connectivity index (χ1v) is 11.1. The van der Waals surface area contributed by atoms with Crippen LogP contribution in [0.25, 0.3) is 21.8 Å². The Bertz CT molecular complexity index is 1210. The number of benzene rings is 2. The summed E-state index contributed by atoms with van der Waals surface area (Å²) < 4.78 is 2.19. The topological polar surface area (TPSA) is 58.8 Å². The zero-order chi connectivity index (χ0) is 21.7. The largest absolute Gasteiger partial charge is 0.397 e. The van der Waals surface area contributed by atoms with Crippen molar-refractivity contribution in [1.29, 1.82) is 0 Å². The summed E-state index contributed by atoms with van der Waals surface area (Å²) in [4.78, 5) is 3.41. The number of anilines is 2. The van der Waals surface area contributed by atoms with E-state index in [1.807, 2.05) is 12.4 Å². The molecule has 0 amide bonds. The maximum Gasteiger partial charge on any atom is 0.0921 e. The van der Waals surface area contributed by atoms with Gasteiger partial charge in [-0.25, -0.2) is 0 Å². The van der Waals surface area contributed by atoms with Crippen molar-refractivity contribution in [1.82, 2.24) is 9.55 Å². The number of aromatic nitrogens is 2. The van der Waals surface area contributed by atoms with Crippen LogP contribution in [-0.4, -0.2) is 15.3 Å². The van der Waals surface area contributed by atoms with E-state index in [9.17, 15) is 0 Å². The van der Waals surface area contributed by atoms with E-state index in [4.69, 9.17) is 5.73 Å². The normalized spacial score (nSPS) is 12.7. The SMILES string of the molecule is CC(C)(C)c1ccc2c(NCn3cc(N)c4ccc(C(C)(C)CS)cc43)c[nH]c2c1. The van der Waals surface area contributed by atoms with Gasteiger partial charge in [-0.15, -0.1) is 0 Å². The van der Waals surface area contributed by atoms with Gasteiger partial charge in [-0.2, -0.15) is 12.6 Å². The predicted molar refractivity (Wildman–Crippen MR) is 134 cm³/mol. The molecular weight excluding hydrogens is 388 g/mol. The van der Waals surface area contributed by atoms with Crippen LogP contribution in [0.5, 0.6) is 0 Å². The molecule has 0 atom stereocenters. The molecule has 0 aliphatic heterocycles. The smallest absolute Gasteiger partial charge is 0.0921 e. The van der Waals surface area contributed by atoms with E-state index in [0.29, 0.717) is 6.67 Å². The van der Waals surface area contributed by atoms with E-state index in [1.54, 1.807) is 0 Å². The molecular formula is C25H32N4S. The highest BCUT2D eigenvalue weighted by atomic mass is 32.1. The zero-order valence-corrected chi connectivity index (χ0v) is 19.4. The van der Waals surface area contributed by atoms with Gasteiger partial charge in [0.15, 0.2) is 0 Å². The van der Waals surface area contributed by atoms with Crippen LogP contribution in [0.1, 0.15) is 45.7 Å². The number of nitrogens with one attached hydrogen (secondary N) is 2. The molecule has 0 aliphatic rings. The lowest BCUT2D eigenvalue weighted by molar-refractivity contribution is 0.591. The summed E-state index contributed by atoms with van der Waals surface area (Å²) in [7, 11) is 0. The Morgan fingerprint density at radius 2 is 1.70 bits per heavy atom. The van der Waals surface area contributed by atoms with Gasteiger partial charge in [0, 0.05) is 28.7 Å². The molecule has 4 nitrogen and oxygen atoms in total. The molecule has 5 heteroatoms. The molecule has 4 N–H and O–H groups in total. The number of hydrogen-bond donors (Lipinski definition) is 4. The Kier molecular flexibility index (Phi) is 5.05. The van der Waals surface area contributed by atoms with Crippen molar-refractivity contribution >= 4 is 45.8 Å². The summed E-state index contributed by atoms with van der Waals surface area (Å²) in [5, 5.41) is 5.87. The van der Waals surface area contributed by atoms with Crippen LogP contribution in [0.3, 0.4) is 0 Å². The van der Waals surface area contributed by atoms with Crippen molar-refractivity contribution in [3.8, 4) is 0 Å². The van der Waals surface area contributed by atoms with E-state index in [1.165, 1.54) is 16.5 Å². The van der Waals surface area contributed by atoms with Crippen LogP contribution in [-0.2, 0) is 17.5 Å². The molecule has 0 unspecified atom stereocenters. The van der Waals surface area contributed by atoms with E-state index in [0.717, 1.165) is 33.5 Å². The zero-order valence-electron chi connectivity index (χ0n) is 18.5. The highest BCUT2D eigenvalue weighted by Crippen LogP contribution is 2.32. The number of nitrogen functional groups attached to an aromatic ring is 1. The molecule has 4 rings (SSSR count). The number of aromatic amines is 1. The standard InChI is InChI=1S/C25H32N4S/c1-24(2,3)16-6-9-19-21(10-16)27-12-22(19)28-15-29-13-20(26)18-8-7-17(11-23(18)29)25(4,5)14-30/h6-13,27-28,30H,14-15,26H2,1-5H3. The van der Waals surface area contributed by atoms with Crippen molar-refractivity contribution in [3.63, 3.8) is 0 Å². The molecule has 158 valence electrons. The lowest BCUT2D eigenvalue weighted by Gasteiger charge is -2.23. The van der Waals surface area contributed by atoms with Crippen molar-refractivity contribution in [3.05, 3.63) is 59.9 Å². The third-order valence-electron chi connectivity index (χ3n) is 6.08. The lowest BCUT2D eigenvalue weighted by Crippen LogP contribution is -2.19. The summed E-state index contributed by atoms with van der Waals surface area (Å²) in [6.07, 6.45) is 4.06. The Balaban J connectivity index is 1.64. The summed E-state index contributed by atoms with van der Waals surface area (Å²) >= 11 is 4.53. The average Bonchev–Trinajstić information content (AvgIpc) is 3.25. The Morgan fingerprint density at radius 1 is 1.00 bits per heavy atom. The third-order valence-corrected chi connectivity index (χ3v) is 6.87. The fourth-order valence-electron chi connectivity index (χ4n) is 3.87. The van der Waals surface area contributed by atoms with Gasteiger partial charge in [-0.1, -0.05) is 58.9 Å². The van der Waals surface area contributed by atoms with Crippen LogP contribution >= 0.6 is 12.6 Å². The number of fused-ring (bicyclic) bond motifs is 2. The van der Waals surface area contributed by atoms with Gasteiger partial charge in [0.05, 0.1) is 23.6 Å². The molecule has 0 fully saturated rings. The van der Waals surface area contributed by atoms with Crippen LogP contribution < -0.4 is 11.1 Å². The molecule has 0 bridgehead atoms. The number of hydrogen-bond acceptors (Lipinski definition) is 3. The fourth-order valence-corrected chi connectivity index (χ4v) is 4.06. The second-order valence-electron chi connectivity index (χ2n) is 9.88. The summed E-state index contributed by atoms with van der Waals surface area (Å²) in [6, 6.07) is 13.2. The highest BCUT2D eigenvalue weighted by molar-refractivity contribution is 7.80. The minimum absolute atomic E-state index is 0.0101. The monoisotopic (exact) mass is 420 g/mol. The Hall–Kier alpha value is -2.53. The first-order valence-electron chi connectivity index (χ1n) is 10.5. The molecule has 4 aromatic rings. The van der Waals surface area contributed by atoms with E-state index >= 15 is 0 Å². The Labute approximate surface area is 184 Å². The molecule has 0 spiro atoms. The van der Waals surface area contributed by atoms with Gasteiger partial charge in [0.2, 0.25) is 0 Å². The number of H-pyrrole nitrogens is 1. The number of nitrogens with two attached hydrogens (primary N) is 1. The number of thiol groups is 1. The molecule has 2 heterocycles. The fraction of sp³-hybridized carbons (Fsp3) is 0.360. The van der Waals surface area contributed by atoms with Crippen molar-refractivity contribution < 1.29 is 0 Å². The lowest BCUT2D eigenvalue weighted by atomic mass is 9.86. The molecule has 0 saturated carbocycles. The molecule has 30 heavy (non-hydrogen) atoms. The molecule has 0 saturated heterocycles. The average molecular weight is 421 g/mol.